The smallest absolute Gasteiger partial charge is 0.335 e. The second-order valence-electron chi connectivity index (χ2n) is 1.50. The normalized spacial score (nSPS) is 8.67. The second kappa shape index (κ2) is 4.06. The van der Waals surface area contributed by atoms with Crippen LogP contribution in [0.5, 0.6) is 0 Å². The van der Waals surface area contributed by atoms with Gasteiger partial charge in [0.2, 0.25) is 6.86 Å². The first-order valence-corrected chi connectivity index (χ1v) is 2.63. The minimum absolute atomic E-state index is 0.299. The molecule has 0 aromatic heterocycles. The molecule has 0 aliphatic carbocycles. The number of rotatable bonds is 3. The van der Waals surface area contributed by atoms with E-state index in [1.807, 2.05) is 0 Å². The average Bonchev–Trinajstić information content (AvgIpc) is 1.87. The van der Waals surface area contributed by atoms with E-state index in [2.05, 4.69) is 11.3 Å². The van der Waals surface area contributed by atoms with E-state index in [1.165, 1.54) is 0 Å². The van der Waals surface area contributed by atoms with Crippen molar-refractivity contribution in [1.82, 2.24) is 0 Å². The molecule has 0 amide bonds. The Hall–Kier alpha value is -0.860. The summed E-state index contributed by atoms with van der Waals surface area (Å²) in [7, 11) is 0. The molecule has 0 N–H and O–H groups in total. The molecule has 0 aliphatic heterocycles. The van der Waals surface area contributed by atoms with Crippen LogP contribution in [0.15, 0.2) is 12.2 Å². The molecule has 0 unspecified atom stereocenters. The van der Waals surface area contributed by atoms with E-state index in [9.17, 15) is 9.18 Å². The zero-order valence-electron chi connectivity index (χ0n) is 5.32. The van der Waals surface area contributed by atoms with E-state index in [1.54, 1.807) is 6.92 Å². The van der Waals surface area contributed by atoms with Crippen LogP contribution in [0.25, 0.3) is 0 Å². The number of alkyl halides is 1. The number of carbonyl (C=O) groups is 1. The van der Waals surface area contributed by atoms with Crippen LogP contribution in [0.4, 0.5) is 4.39 Å². The minimum atomic E-state index is -1.07. The standard InChI is InChI=1S/C6H9FO2/c1-3-5(2)6(8)9-4-7/h2-4H2,1H3. The lowest BCUT2D eigenvalue weighted by atomic mass is 10.2. The van der Waals surface area contributed by atoms with Crippen molar-refractivity contribution < 1.29 is 13.9 Å². The highest BCUT2D eigenvalue weighted by atomic mass is 19.1. The highest BCUT2D eigenvalue weighted by Gasteiger charge is 2.03. The van der Waals surface area contributed by atoms with E-state index in [0.29, 0.717) is 12.0 Å². The quantitative estimate of drug-likeness (QED) is 0.429. The Balaban J connectivity index is 3.60. The van der Waals surface area contributed by atoms with Crippen LogP contribution in [0, 0.1) is 0 Å². The molecule has 0 bridgehead atoms. The van der Waals surface area contributed by atoms with E-state index in [0.717, 1.165) is 0 Å². The molecule has 0 saturated heterocycles. The predicted octanol–water partition coefficient (Wildman–Crippen LogP) is 1.42. The SMILES string of the molecule is C=C(CC)C(=O)OCF. The van der Waals surface area contributed by atoms with Crippen molar-refractivity contribution in [3.8, 4) is 0 Å². The number of hydrogen-bond acceptors (Lipinski definition) is 2. The van der Waals surface area contributed by atoms with Gasteiger partial charge in [-0.15, -0.1) is 0 Å². The molecule has 0 aliphatic rings. The second-order valence-corrected chi connectivity index (χ2v) is 1.50. The lowest BCUT2D eigenvalue weighted by Gasteiger charge is -1.98. The van der Waals surface area contributed by atoms with Crippen molar-refractivity contribution in [3.05, 3.63) is 12.2 Å². The van der Waals surface area contributed by atoms with Crippen molar-refractivity contribution in [3.63, 3.8) is 0 Å². The fourth-order valence-electron chi connectivity index (χ4n) is 0.296. The molecule has 0 spiro atoms. The lowest BCUT2D eigenvalue weighted by Crippen LogP contribution is -2.04. The van der Waals surface area contributed by atoms with Crippen LogP contribution in [0.3, 0.4) is 0 Å². The van der Waals surface area contributed by atoms with E-state index in [4.69, 9.17) is 0 Å². The number of hydrogen-bond donors (Lipinski definition) is 0. The summed E-state index contributed by atoms with van der Waals surface area (Å²) < 4.78 is 15.2. The minimum Gasteiger partial charge on any atom is -0.430 e. The summed E-state index contributed by atoms with van der Waals surface area (Å²) in [5.41, 5.74) is 0.299. The van der Waals surface area contributed by atoms with Gasteiger partial charge in [0.1, 0.15) is 0 Å². The van der Waals surface area contributed by atoms with Gasteiger partial charge >= 0.3 is 5.97 Å². The molecular weight excluding hydrogens is 123 g/mol. The van der Waals surface area contributed by atoms with Crippen LogP contribution in [0.2, 0.25) is 0 Å². The lowest BCUT2D eigenvalue weighted by molar-refractivity contribution is -0.143. The topological polar surface area (TPSA) is 26.3 Å². The van der Waals surface area contributed by atoms with Gasteiger partial charge in [0, 0.05) is 5.57 Å². The Morgan fingerprint density at radius 1 is 1.78 bits per heavy atom. The molecule has 0 radical (unpaired) electrons. The summed E-state index contributed by atoms with van der Waals surface area (Å²) in [6, 6.07) is 0. The Morgan fingerprint density at radius 3 is 2.67 bits per heavy atom. The molecule has 0 aromatic carbocycles. The molecule has 0 fully saturated rings. The Labute approximate surface area is 53.3 Å². The van der Waals surface area contributed by atoms with Crippen molar-refractivity contribution in [2.45, 2.75) is 13.3 Å². The fourth-order valence-corrected chi connectivity index (χ4v) is 0.296. The van der Waals surface area contributed by atoms with E-state index < -0.39 is 12.8 Å². The van der Waals surface area contributed by atoms with Crippen molar-refractivity contribution in [2.24, 2.45) is 0 Å². The van der Waals surface area contributed by atoms with Gasteiger partial charge in [0.05, 0.1) is 0 Å². The molecule has 0 aromatic rings. The van der Waals surface area contributed by atoms with Gasteiger partial charge in [-0.25, -0.2) is 9.18 Å². The molecule has 0 heterocycles. The maximum Gasteiger partial charge on any atom is 0.335 e. The van der Waals surface area contributed by atoms with Gasteiger partial charge in [0.15, 0.2) is 0 Å². The van der Waals surface area contributed by atoms with E-state index in [-0.39, 0.29) is 0 Å². The summed E-state index contributed by atoms with van der Waals surface area (Å²) in [5, 5.41) is 0. The van der Waals surface area contributed by atoms with Gasteiger partial charge < -0.3 is 4.74 Å². The van der Waals surface area contributed by atoms with Gasteiger partial charge in [-0.05, 0) is 6.42 Å². The first kappa shape index (κ1) is 8.14. The molecule has 0 rings (SSSR count). The predicted molar refractivity (Wildman–Crippen MR) is 31.5 cm³/mol. The number of carbonyl (C=O) groups excluding carboxylic acids is 1. The molecule has 0 saturated carbocycles. The largest absolute Gasteiger partial charge is 0.430 e. The zero-order valence-corrected chi connectivity index (χ0v) is 5.32. The van der Waals surface area contributed by atoms with Crippen LogP contribution in [-0.2, 0) is 9.53 Å². The van der Waals surface area contributed by atoms with Gasteiger partial charge in [0.25, 0.3) is 0 Å². The van der Waals surface area contributed by atoms with Gasteiger partial charge in [-0.1, -0.05) is 13.5 Å². The molecule has 3 heteroatoms. The van der Waals surface area contributed by atoms with Crippen LogP contribution in [-0.4, -0.2) is 12.8 Å². The van der Waals surface area contributed by atoms with E-state index >= 15 is 0 Å². The first-order valence-electron chi connectivity index (χ1n) is 2.63. The number of esters is 1. The van der Waals surface area contributed by atoms with Gasteiger partial charge in [-0.3, -0.25) is 0 Å². The average molecular weight is 132 g/mol. The Kier molecular flexibility index (Phi) is 3.67. The summed E-state index contributed by atoms with van der Waals surface area (Å²) in [6.45, 7) is 4.03. The zero-order chi connectivity index (χ0) is 7.28. The monoisotopic (exact) mass is 132 g/mol. The maximum atomic E-state index is 11.3. The fraction of sp³-hybridized carbons (Fsp3) is 0.500. The highest BCUT2D eigenvalue weighted by molar-refractivity contribution is 5.87. The van der Waals surface area contributed by atoms with Crippen LogP contribution < -0.4 is 0 Å². The van der Waals surface area contributed by atoms with Crippen molar-refractivity contribution in [1.29, 1.82) is 0 Å². The Bertz CT molecular complexity index is 120. The summed E-state index contributed by atoms with van der Waals surface area (Å²) >= 11 is 0. The third kappa shape index (κ3) is 2.85. The summed E-state index contributed by atoms with van der Waals surface area (Å²) in [5.74, 6) is -0.653. The molecule has 0 atom stereocenters. The number of halogens is 1. The van der Waals surface area contributed by atoms with Gasteiger partial charge in [-0.2, -0.15) is 0 Å². The third-order valence-electron chi connectivity index (χ3n) is 0.901. The summed E-state index contributed by atoms with van der Waals surface area (Å²) in [6.07, 6.45) is 0.499. The maximum absolute atomic E-state index is 11.3. The number of ether oxygens (including phenoxy) is 1. The molecule has 2 nitrogen and oxygen atoms in total. The molecule has 9 heavy (non-hydrogen) atoms. The first-order chi connectivity index (χ1) is 4.22. The third-order valence-corrected chi connectivity index (χ3v) is 0.901. The van der Waals surface area contributed by atoms with Crippen LogP contribution in [0.1, 0.15) is 13.3 Å². The van der Waals surface area contributed by atoms with Crippen molar-refractivity contribution >= 4 is 5.97 Å². The molecule has 52 valence electrons. The van der Waals surface area contributed by atoms with Crippen molar-refractivity contribution in [2.75, 3.05) is 6.86 Å². The highest BCUT2D eigenvalue weighted by Crippen LogP contribution is 1.98. The molecular formula is C6H9FO2. The Morgan fingerprint density at radius 2 is 2.33 bits per heavy atom. The van der Waals surface area contributed by atoms with Crippen LogP contribution >= 0.6 is 0 Å². The summed E-state index contributed by atoms with van der Waals surface area (Å²) in [4.78, 5) is 10.4.